The molecule has 0 amide bonds. The smallest absolute Gasteiger partial charge is 0.123 e. The minimum atomic E-state index is -0.121. The zero-order chi connectivity index (χ0) is 14.7. The van der Waals surface area contributed by atoms with Crippen molar-refractivity contribution in [3.63, 3.8) is 0 Å². The lowest BCUT2D eigenvalue weighted by molar-refractivity contribution is 0.298. The number of nitrogens with zero attached hydrogens (tertiary/aromatic N) is 1. The van der Waals surface area contributed by atoms with Crippen molar-refractivity contribution >= 4 is 0 Å². The number of rotatable bonds is 4. The number of hydrogen-bond acceptors (Lipinski definition) is 3. The van der Waals surface area contributed by atoms with Crippen LogP contribution in [-0.4, -0.2) is 25.1 Å². The molecule has 1 aliphatic carbocycles. The molecule has 1 aliphatic heterocycles. The number of nitrogens with two attached hydrogens (primary N) is 1. The van der Waals surface area contributed by atoms with Gasteiger partial charge >= 0.3 is 0 Å². The van der Waals surface area contributed by atoms with Crippen LogP contribution in [0.2, 0.25) is 0 Å². The van der Waals surface area contributed by atoms with Crippen LogP contribution < -0.4 is 10.5 Å². The van der Waals surface area contributed by atoms with Crippen molar-refractivity contribution in [2.24, 2.45) is 5.73 Å². The standard InChI is InChI=1S/C18H28N2O/c1-21-17-8-7-16(18(19)9-3-2-4-10-18)13-15(17)14-20-11-5-6-12-20/h7-8,13H,2-6,9-12,14,19H2,1H3. The molecular formula is C18H28N2O. The zero-order valence-electron chi connectivity index (χ0n) is 13.2. The highest BCUT2D eigenvalue weighted by Gasteiger charge is 2.30. The Hall–Kier alpha value is -1.06. The molecule has 1 aromatic rings. The van der Waals surface area contributed by atoms with E-state index in [1.807, 2.05) is 0 Å². The molecule has 0 bridgehead atoms. The topological polar surface area (TPSA) is 38.5 Å². The van der Waals surface area contributed by atoms with Gasteiger partial charge in [0, 0.05) is 17.6 Å². The average molecular weight is 288 g/mol. The minimum Gasteiger partial charge on any atom is -0.496 e. The normalized spacial score (nSPS) is 22.4. The Bertz CT molecular complexity index is 474. The van der Waals surface area contributed by atoms with E-state index in [4.69, 9.17) is 10.5 Å². The fourth-order valence-electron chi connectivity index (χ4n) is 3.86. The summed E-state index contributed by atoms with van der Waals surface area (Å²) < 4.78 is 5.56. The van der Waals surface area contributed by atoms with E-state index in [-0.39, 0.29) is 5.54 Å². The van der Waals surface area contributed by atoms with Crippen molar-refractivity contribution in [3.8, 4) is 5.75 Å². The first-order chi connectivity index (χ1) is 10.2. The van der Waals surface area contributed by atoms with Crippen LogP contribution in [0.15, 0.2) is 18.2 Å². The summed E-state index contributed by atoms with van der Waals surface area (Å²) in [6.07, 6.45) is 8.71. The first-order valence-electron chi connectivity index (χ1n) is 8.40. The molecule has 0 radical (unpaired) electrons. The van der Waals surface area contributed by atoms with Crippen LogP contribution in [0.5, 0.6) is 5.75 Å². The molecule has 2 fully saturated rings. The Labute approximate surface area is 128 Å². The number of likely N-dealkylation sites (tertiary alicyclic amines) is 1. The number of methoxy groups -OCH3 is 1. The summed E-state index contributed by atoms with van der Waals surface area (Å²) in [5, 5.41) is 0. The van der Waals surface area contributed by atoms with Gasteiger partial charge in [-0.25, -0.2) is 0 Å². The highest BCUT2D eigenvalue weighted by Crippen LogP contribution is 2.36. The molecule has 3 nitrogen and oxygen atoms in total. The van der Waals surface area contributed by atoms with Crippen LogP contribution in [-0.2, 0) is 12.1 Å². The van der Waals surface area contributed by atoms with Crippen molar-refractivity contribution in [1.29, 1.82) is 0 Å². The maximum atomic E-state index is 6.69. The second-order valence-corrected chi connectivity index (χ2v) is 6.73. The third kappa shape index (κ3) is 3.24. The quantitative estimate of drug-likeness (QED) is 0.922. The van der Waals surface area contributed by atoms with E-state index < -0.39 is 0 Å². The Morgan fingerprint density at radius 2 is 1.81 bits per heavy atom. The number of hydrogen-bond donors (Lipinski definition) is 1. The average Bonchev–Trinajstić information content (AvgIpc) is 3.01. The van der Waals surface area contributed by atoms with Gasteiger partial charge in [-0.15, -0.1) is 0 Å². The van der Waals surface area contributed by atoms with Gasteiger partial charge in [0.05, 0.1) is 7.11 Å². The summed E-state index contributed by atoms with van der Waals surface area (Å²) in [5.41, 5.74) is 9.18. The molecular weight excluding hydrogens is 260 g/mol. The zero-order valence-corrected chi connectivity index (χ0v) is 13.2. The predicted molar refractivity (Wildman–Crippen MR) is 86.5 cm³/mol. The van der Waals surface area contributed by atoms with Crippen LogP contribution >= 0.6 is 0 Å². The van der Waals surface area contributed by atoms with Gasteiger partial charge in [-0.3, -0.25) is 4.90 Å². The van der Waals surface area contributed by atoms with Crippen molar-refractivity contribution in [3.05, 3.63) is 29.3 Å². The first-order valence-corrected chi connectivity index (χ1v) is 8.40. The minimum absolute atomic E-state index is 0.121. The van der Waals surface area contributed by atoms with Crippen molar-refractivity contribution in [2.75, 3.05) is 20.2 Å². The molecule has 1 saturated heterocycles. The largest absolute Gasteiger partial charge is 0.496 e. The molecule has 3 heteroatoms. The summed E-state index contributed by atoms with van der Waals surface area (Å²) in [6, 6.07) is 6.60. The predicted octanol–water partition coefficient (Wildman–Crippen LogP) is 3.41. The van der Waals surface area contributed by atoms with Crippen LogP contribution in [0.3, 0.4) is 0 Å². The monoisotopic (exact) mass is 288 g/mol. The van der Waals surface area contributed by atoms with Gasteiger partial charge in [0.25, 0.3) is 0 Å². The second kappa shape index (κ2) is 6.37. The van der Waals surface area contributed by atoms with E-state index in [1.54, 1.807) is 7.11 Å². The molecule has 0 aromatic heterocycles. The van der Waals surface area contributed by atoms with Crippen LogP contribution in [0, 0.1) is 0 Å². The lowest BCUT2D eigenvalue weighted by Gasteiger charge is -2.34. The summed E-state index contributed by atoms with van der Waals surface area (Å²) in [6.45, 7) is 3.41. The van der Waals surface area contributed by atoms with Gasteiger partial charge in [-0.05, 0) is 56.5 Å². The maximum Gasteiger partial charge on any atom is 0.123 e. The highest BCUT2D eigenvalue weighted by atomic mass is 16.5. The molecule has 0 atom stereocenters. The van der Waals surface area contributed by atoms with Crippen LogP contribution in [0.25, 0.3) is 0 Å². The van der Waals surface area contributed by atoms with Gasteiger partial charge in [-0.1, -0.05) is 25.3 Å². The molecule has 3 rings (SSSR count). The fourth-order valence-corrected chi connectivity index (χ4v) is 3.86. The van der Waals surface area contributed by atoms with E-state index in [2.05, 4.69) is 23.1 Å². The number of ether oxygens (including phenoxy) is 1. The maximum absolute atomic E-state index is 6.69. The van der Waals surface area contributed by atoms with Crippen molar-refractivity contribution in [2.45, 2.75) is 57.0 Å². The molecule has 1 heterocycles. The van der Waals surface area contributed by atoms with Gasteiger partial charge < -0.3 is 10.5 Å². The summed E-state index contributed by atoms with van der Waals surface area (Å²) in [7, 11) is 1.77. The van der Waals surface area contributed by atoms with E-state index in [1.165, 1.54) is 56.3 Å². The second-order valence-electron chi connectivity index (χ2n) is 6.73. The summed E-state index contributed by atoms with van der Waals surface area (Å²) in [4.78, 5) is 2.52. The summed E-state index contributed by atoms with van der Waals surface area (Å²) >= 11 is 0. The third-order valence-corrected chi connectivity index (χ3v) is 5.19. The van der Waals surface area contributed by atoms with Crippen LogP contribution in [0.4, 0.5) is 0 Å². The molecule has 116 valence electrons. The van der Waals surface area contributed by atoms with Gasteiger partial charge in [0.15, 0.2) is 0 Å². The molecule has 1 saturated carbocycles. The Balaban J connectivity index is 1.84. The lowest BCUT2D eigenvalue weighted by Crippen LogP contribution is -2.38. The third-order valence-electron chi connectivity index (χ3n) is 5.19. The van der Waals surface area contributed by atoms with Gasteiger partial charge in [-0.2, -0.15) is 0 Å². The summed E-state index contributed by atoms with van der Waals surface area (Å²) in [5.74, 6) is 1.00. The lowest BCUT2D eigenvalue weighted by atomic mass is 9.77. The van der Waals surface area contributed by atoms with Crippen LogP contribution in [0.1, 0.15) is 56.1 Å². The Morgan fingerprint density at radius 1 is 1.10 bits per heavy atom. The highest BCUT2D eigenvalue weighted by molar-refractivity contribution is 5.40. The van der Waals surface area contributed by atoms with Gasteiger partial charge in [0.2, 0.25) is 0 Å². The fraction of sp³-hybridized carbons (Fsp3) is 0.667. The molecule has 0 unspecified atom stereocenters. The van der Waals surface area contributed by atoms with E-state index in [9.17, 15) is 0 Å². The molecule has 2 aliphatic rings. The van der Waals surface area contributed by atoms with E-state index in [0.717, 1.165) is 25.1 Å². The first kappa shape index (κ1) is 14.9. The Kier molecular flexibility index (Phi) is 4.51. The molecule has 1 aromatic carbocycles. The van der Waals surface area contributed by atoms with Crippen molar-refractivity contribution in [1.82, 2.24) is 4.90 Å². The molecule has 0 spiro atoms. The number of benzene rings is 1. The SMILES string of the molecule is COc1ccc(C2(N)CCCCC2)cc1CN1CCCC1. The van der Waals surface area contributed by atoms with E-state index >= 15 is 0 Å². The Morgan fingerprint density at radius 3 is 2.48 bits per heavy atom. The molecule has 21 heavy (non-hydrogen) atoms. The van der Waals surface area contributed by atoms with Crippen molar-refractivity contribution < 1.29 is 4.74 Å². The van der Waals surface area contributed by atoms with E-state index in [0.29, 0.717) is 0 Å². The van der Waals surface area contributed by atoms with Gasteiger partial charge in [0.1, 0.15) is 5.75 Å². The molecule has 2 N–H and O–H groups in total.